The molecule has 2 N–H and O–H groups in total. The number of halogens is 1. The highest BCUT2D eigenvalue weighted by molar-refractivity contribution is 5.87. The molecule has 0 radical (unpaired) electrons. The Morgan fingerprint density at radius 3 is 2.54 bits per heavy atom. The van der Waals surface area contributed by atoms with Crippen molar-refractivity contribution in [3.63, 3.8) is 0 Å². The van der Waals surface area contributed by atoms with Gasteiger partial charge in [0.25, 0.3) is 0 Å². The van der Waals surface area contributed by atoms with E-state index in [0.29, 0.717) is 11.3 Å². The molecular weight excluding hydrogens is 309 g/mol. The lowest BCUT2D eigenvalue weighted by Gasteiger charge is -2.25. The standard InChI is InChI=1S/C19H22FNO3/c1-19(2,15-8-4-5-9-16(15)20)18(23)21-13-14-7-3-6-10-17(14)24-12-11-22/h3-10,22H,11-13H2,1-2H3,(H,21,23). The van der Waals surface area contributed by atoms with Crippen molar-refractivity contribution in [3.05, 3.63) is 65.5 Å². The Bertz CT molecular complexity index is 701. The quantitative estimate of drug-likeness (QED) is 0.820. The number of hydrogen-bond donors (Lipinski definition) is 2. The molecule has 0 bridgehead atoms. The molecule has 0 aromatic heterocycles. The minimum atomic E-state index is -0.994. The lowest BCUT2D eigenvalue weighted by molar-refractivity contribution is -0.125. The first-order chi connectivity index (χ1) is 11.5. The summed E-state index contributed by atoms with van der Waals surface area (Å²) in [7, 11) is 0. The van der Waals surface area contributed by atoms with E-state index in [4.69, 9.17) is 9.84 Å². The maximum absolute atomic E-state index is 14.0. The largest absolute Gasteiger partial charge is 0.491 e. The number of aliphatic hydroxyl groups is 1. The van der Waals surface area contributed by atoms with Crippen LogP contribution in [0.4, 0.5) is 4.39 Å². The molecule has 2 rings (SSSR count). The van der Waals surface area contributed by atoms with Crippen molar-refractivity contribution < 1.29 is 19.0 Å². The summed E-state index contributed by atoms with van der Waals surface area (Å²) in [4.78, 5) is 12.6. The summed E-state index contributed by atoms with van der Waals surface area (Å²) in [6.07, 6.45) is 0. The van der Waals surface area contributed by atoms with E-state index in [2.05, 4.69) is 5.32 Å². The highest BCUT2D eigenvalue weighted by Crippen LogP contribution is 2.26. The predicted molar refractivity (Wildman–Crippen MR) is 90.3 cm³/mol. The zero-order valence-electron chi connectivity index (χ0n) is 13.9. The van der Waals surface area contributed by atoms with Crippen LogP contribution in [-0.4, -0.2) is 24.2 Å². The molecule has 0 spiro atoms. The number of aliphatic hydroxyl groups excluding tert-OH is 1. The van der Waals surface area contributed by atoms with Crippen LogP contribution >= 0.6 is 0 Å². The molecule has 5 heteroatoms. The molecule has 0 saturated heterocycles. The first kappa shape index (κ1) is 17.9. The first-order valence-corrected chi connectivity index (χ1v) is 7.81. The SMILES string of the molecule is CC(C)(C(=O)NCc1ccccc1OCCO)c1ccccc1F. The highest BCUT2D eigenvalue weighted by atomic mass is 19.1. The van der Waals surface area contributed by atoms with Crippen molar-refractivity contribution in [2.24, 2.45) is 0 Å². The van der Waals surface area contributed by atoms with E-state index >= 15 is 0 Å². The number of amides is 1. The Morgan fingerprint density at radius 1 is 1.17 bits per heavy atom. The van der Waals surface area contributed by atoms with Gasteiger partial charge in [-0.3, -0.25) is 4.79 Å². The number of benzene rings is 2. The van der Waals surface area contributed by atoms with E-state index in [-0.39, 0.29) is 25.7 Å². The number of hydrogen-bond acceptors (Lipinski definition) is 3. The predicted octanol–water partition coefficient (Wildman–Crippen LogP) is 2.79. The summed E-state index contributed by atoms with van der Waals surface area (Å²) >= 11 is 0. The summed E-state index contributed by atoms with van der Waals surface area (Å²) in [5.41, 5.74) is 0.155. The molecule has 0 aliphatic heterocycles. The zero-order valence-corrected chi connectivity index (χ0v) is 13.9. The lowest BCUT2D eigenvalue weighted by atomic mass is 9.83. The first-order valence-electron chi connectivity index (χ1n) is 7.81. The molecule has 2 aromatic rings. The van der Waals surface area contributed by atoms with Gasteiger partial charge in [-0.15, -0.1) is 0 Å². The van der Waals surface area contributed by atoms with E-state index in [9.17, 15) is 9.18 Å². The third-order valence-electron chi connectivity index (χ3n) is 3.88. The highest BCUT2D eigenvalue weighted by Gasteiger charge is 2.32. The van der Waals surface area contributed by atoms with Crippen LogP contribution in [0.15, 0.2) is 48.5 Å². The number of carbonyl (C=O) groups is 1. The van der Waals surface area contributed by atoms with Gasteiger partial charge in [-0.1, -0.05) is 36.4 Å². The van der Waals surface area contributed by atoms with Crippen LogP contribution in [0.3, 0.4) is 0 Å². The van der Waals surface area contributed by atoms with Gasteiger partial charge in [0.15, 0.2) is 0 Å². The second kappa shape index (κ2) is 7.93. The summed E-state index contributed by atoms with van der Waals surface area (Å²) in [6, 6.07) is 13.6. The fourth-order valence-electron chi connectivity index (χ4n) is 2.43. The van der Waals surface area contributed by atoms with Gasteiger partial charge in [0, 0.05) is 17.7 Å². The molecule has 0 fully saturated rings. The van der Waals surface area contributed by atoms with Gasteiger partial charge in [-0.2, -0.15) is 0 Å². The van der Waals surface area contributed by atoms with Crippen molar-refractivity contribution in [2.45, 2.75) is 25.8 Å². The summed E-state index contributed by atoms with van der Waals surface area (Å²) in [6.45, 7) is 3.74. The Kier molecular flexibility index (Phi) is 5.93. The molecule has 1 amide bonds. The average molecular weight is 331 g/mol. The van der Waals surface area contributed by atoms with E-state index in [0.717, 1.165) is 5.56 Å². The zero-order chi connectivity index (χ0) is 17.6. The number of rotatable bonds is 7. The maximum Gasteiger partial charge on any atom is 0.230 e. The normalized spacial score (nSPS) is 11.2. The van der Waals surface area contributed by atoms with Gasteiger partial charge in [-0.25, -0.2) is 4.39 Å². The minimum absolute atomic E-state index is 0.0823. The Balaban J connectivity index is 2.09. The molecule has 0 saturated carbocycles. The van der Waals surface area contributed by atoms with Crippen molar-refractivity contribution >= 4 is 5.91 Å². The number of nitrogens with one attached hydrogen (secondary N) is 1. The van der Waals surface area contributed by atoms with Crippen molar-refractivity contribution in [3.8, 4) is 5.75 Å². The third kappa shape index (κ3) is 4.11. The maximum atomic E-state index is 14.0. The fourth-order valence-corrected chi connectivity index (χ4v) is 2.43. The Labute approximate surface area is 141 Å². The minimum Gasteiger partial charge on any atom is -0.491 e. The van der Waals surface area contributed by atoms with Crippen LogP contribution in [0.1, 0.15) is 25.0 Å². The van der Waals surface area contributed by atoms with Crippen LogP contribution in [-0.2, 0) is 16.8 Å². The van der Waals surface area contributed by atoms with Crippen molar-refractivity contribution in [1.29, 1.82) is 0 Å². The summed E-state index contributed by atoms with van der Waals surface area (Å²) < 4.78 is 19.4. The molecule has 0 unspecified atom stereocenters. The summed E-state index contributed by atoms with van der Waals surface area (Å²) in [5.74, 6) is -0.0653. The number of ether oxygens (including phenoxy) is 1. The van der Waals surface area contributed by atoms with Gasteiger partial charge in [0.05, 0.1) is 12.0 Å². The van der Waals surface area contributed by atoms with E-state index in [1.165, 1.54) is 6.07 Å². The Morgan fingerprint density at radius 2 is 1.83 bits per heavy atom. The van der Waals surface area contributed by atoms with Crippen LogP contribution in [0, 0.1) is 5.82 Å². The molecule has 128 valence electrons. The molecule has 4 nitrogen and oxygen atoms in total. The molecule has 24 heavy (non-hydrogen) atoms. The van der Waals surface area contributed by atoms with Gasteiger partial charge in [0.1, 0.15) is 18.2 Å². The van der Waals surface area contributed by atoms with Gasteiger partial charge in [-0.05, 0) is 26.0 Å². The van der Waals surface area contributed by atoms with Gasteiger partial charge < -0.3 is 15.2 Å². The summed E-state index contributed by atoms with van der Waals surface area (Å²) in [5, 5.41) is 11.7. The molecule has 0 aliphatic carbocycles. The molecular formula is C19H22FNO3. The van der Waals surface area contributed by atoms with E-state index in [1.807, 2.05) is 18.2 Å². The smallest absolute Gasteiger partial charge is 0.230 e. The molecule has 0 atom stereocenters. The Hall–Kier alpha value is -2.40. The van der Waals surface area contributed by atoms with Crippen LogP contribution in [0.5, 0.6) is 5.75 Å². The van der Waals surface area contributed by atoms with E-state index in [1.54, 1.807) is 38.1 Å². The topological polar surface area (TPSA) is 58.6 Å². The third-order valence-corrected chi connectivity index (χ3v) is 3.88. The van der Waals surface area contributed by atoms with Crippen molar-refractivity contribution in [1.82, 2.24) is 5.32 Å². The van der Waals surface area contributed by atoms with Gasteiger partial charge >= 0.3 is 0 Å². The van der Waals surface area contributed by atoms with Crippen LogP contribution < -0.4 is 10.1 Å². The van der Waals surface area contributed by atoms with Crippen LogP contribution in [0.2, 0.25) is 0 Å². The lowest BCUT2D eigenvalue weighted by Crippen LogP contribution is -2.40. The molecule has 0 heterocycles. The van der Waals surface area contributed by atoms with E-state index < -0.39 is 11.2 Å². The second-order valence-electron chi connectivity index (χ2n) is 5.97. The second-order valence-corrected chi connectivity index (χ2v) is 5.97. The van der Waals surface area contributed by atoms with Crippen LogP contribution in [0.25, 0.3) is 0 Å². The number of para-hydroxylation sites is 1. The molecule has 2 aromatic carbocycles. The average Bonchev–Trinajstić information content (AvgIpc) is 2.58. The fraction of sp³-hybridized carbons (Fsp3) is 0.316. The number of carbonyl (C=O) groups excluding carboxylic acids is 1. The van der Waals surface area contributed by atoms with Gasteiger partial charge in [0.2, 0.25) is 5.91 Å². The monoisotopic (exact) mass is 331 g/mol. The van der Waals surface area contributed by atoms with Crippen molar-refractivity contribution in [2.75, 3.05) is 13.2 Å². The molecule has 0 aliphatic rings.